The van der Waals surface area contributed by atoms with E-state index in [0.29, 0.717) is 6.54 Å². The minimum atomic E-state index is -1.09. The normalized spacial score (nSPS) is 24.0. The predicted molar refractivity (Wildman–Crippen MR) is 105 cm³/mol. The van der Waals surface area contributed by atoms with Gasteiger partial charge in [0.2, 0.25) is 0 Å². The molecule has 0 spiro atoms. The van der Waals surface area contributed by atoms with Gasteiger partial charge in [-0.3, -0.25) is 9.48 Å². The molecule has 0 radical (unpaired) electrons. The van der Waals surface area contributed by atoms with E-state index in [2.05, 4.69) is 5.10 Å². The maximum Gasteiger partial charge on any atom is 0.323 e. The number of hydrogen-bond donors (Lipinski definition) is 0. The molecule has 1 aliphatic rings. The van der Waals surface area contributed by atoms with E-state index in [1.165, 1.54) is 0 Å². The van der Waals surface area contributed by atoms with Crippen LogP contribution in [0.25, 0.3) is 0 Å². The molecule has 1 fully saturated rings. The molecule has 4 rings (SSSR count). The molecule has 3 aromatic rings. The van der Waals surface area contributed by atoms with Crippen LogP contribution < -0.4 is 0 Å². The summed E-state index contributed by atoms with van der Waals surface area (Å²) in [5.74, 6) is -0.328. The van der Waals surface area contributed by atoms with Gasteiger partial charge in [-0.05, 0) is 30.5 Å². The number of carbonyl (C=O) groups is 1. The van der Waals surface area contributed by atoms with Gasteiger partial charge in [0, 0.05) is 6.20 Å². The van der Waals surface area contributed by atoms with Gasteiger partial charge in [0.25, 0.3) is 0 Å². The highest BCUT2D eigenvalue weighted by Crippen LogP contribution is 2.54. The third-order valence-corrected chi connectivity index (χ3v) is 5.95. The predicted octanol–water partition coefficient (Wildman–Crippen LogP) is 4.10. The van der Waals surface area contributed by atoms with Crippen molar-refractivity contribution < 1.29 is 9.53 Å². The zero-order chi connectivity index (χ0) is 19.1. The number of hydrogen-bond acceptors (Lipinski definition) is 3. The summed E-state index contributed by atoms with van der Waals surface area (Å²) >= 11 is 7.19. The van der Waals surface area contributed by atoms with Crippen molar-refractivity contribution in [3.05, 3.63) is 89.7 Å². The topological polar surface area (TPSA) is 44.1 Å². The average molecular weight is 381 g/mol. The number of aryl methyl sites for hydroxylation is 1. The fourth-order valence-electron chi connectivity index (χ4n) is 4.06. The van der Waals surface area contributed by atoms with Gasteiger partial charge in [0.15, 0.2) is 0 Å². The maximum atomic E-state index is 13.4. The second-order valence-corrected chi connectivity index (χ2v) is 7.98. The average Bonchev–Trinajstić information content (AvgIpc) is 3.16. The van der Waals surface area contributed by atoms with Gasteiger partial charge in [-0.2, -0.15) is 5.10 Å². The third-order valence-electron chi connectivity index (χ3n) is 5.42. The SMILES string of the molecule is Cc1cnn(CC2OC(=O)C(c3ccccc3)(c3ccccc3)C2(C)Cl)c1. The molecule has 2 aromatic carbocycles. The van der Waals surface area contributed by atoms with Crippen LogP contribution >= 0.6 is 11.6 Å². The monoisotopic (exact) mass is 380 g/mol. The number of alkyl halides is 1. The van der Waals surface area contributed by atoms with Gasteiger partial charge in [-0.25, -0.2) is 0 Å². The molecule has 2 unspecified atom stereocenters. The molecule has 1 saturated heterocycles. The number of halogens is 1. The van der Waals surface area contributed by atoms with Crippen molar-refractivity contribution >= 4 is 17.6 Å². The van der Waals surface area contributed by atoms with Crippen LogP contribution in [0, 0.1) is 6.92 Å². The molecule has 0 amide bonds. The largest absolute Gasteiger partial charge is 0.457 e. The molecule has 4 nitrogen and oxygen atoms in total. The van der Waals surface area contributed by atoms with Crippen LogP contribution in [0.5, 0.6) is 0 Å². The summed E-state index contributed by atoms with van der Waals surface area (Å²) in [6.45, 7) is 4.27. The summed E-state index contributed by atoms with van der Waals surface area (Å²) in [5, 5.41) is 4.33. The number of benzene rings is 2. The van der Waals surface area contributed by atoms with E-state index in [9.17, 15) is 4.79 Å². The zero-order valence-corrected chi connectivity index (χ0v) is 16.1. The number of nitrogens with zero attached hydrogens (tertiary/aromatic N) is 2. The summed E-state index contributed by atoms with van der Waals surface area (Å²) in [6, 6.07) is 19.3. The van der Waals surface area contributed by atoms with E-state index in [1.54, 1.807) is 10.9 Å². The Morgan fingerprint density at radius 3 is 2.11 bits per heavy atom. The van der Waals surface area contributed by atoms with Gasteiger partial charge in [-0.1, -0.05) is 60.7 Å². The van der Waals surface area contributed by atoms with E-state index in [1.807, 2.05) is 80.7 Å². The van der Waals surface area contributed by atoms with Crippen molar-refractivity contribution in [2.24, 2.45) is 0 Å². The standard InChI is InChI=1S/C22H21ClN2O2/c1-16-13-24-25(14-16)15-19-21(2,23)22(20(26)27-19,17-9-5-3-6-10-17)18-11-7-4-8-12-18/h3-14,19H,15H2,1-2H3. The van der Waals surface area contributed by atoms with Gasteiger partial charge < -0.3 is 4.74 Å². The van der Waals surface area contributed by atoms with Crippen molar-refractivity contribution in [1.29, 1.82) is 0 Å². The second kappa shape index (κ2) is 6.54. The van der Waals surface area contributed by atoms with Crippen LogP contribution in [0.4, 0.5) is 0 Å². The van der Waals surface area contributed by atoms with Crippen LogP contribution in [-0.4, -0.2) is 26.7 Å². The van der Waals surface area contributed by atoms with E-state index >= 15 is 0 Å². The number of rotatable bonds is 4. The smallest absolute Gasteiger partial charge is 0.323 e. The lowest BCUT2D eigenvalue weighted by atomic mass is 9.65. The molecule has 0 bridgehead atoms. The number of aromatic nitrogens is 2. The number of cyclic esters (lactones) is 1. The van der Waals surface area contributed by atoms with Gasteiger partial charge in [0.1, 0.15) is 16.4 Å². The zero-order valence-electron chi connectivity index (χ0n) is 15.3. The molecule has 1 aliphatic heterocycles. The Hall–Kier alpha value is -2.59. The van der Waals surface area contributed by atoms with Crippen LogP contribution in [0.3, 0.4) is 0 Å². The highest BCUT2D eigenvalue weighted by molar-refractivity contribution is 6.29. The first-order valence-corrected chi connectivity index (χ1v) is 9.34. The number of ether oxygens (including phenoxy) is 1. The Labute approximate surface area is 163 Å². The molecule has 27 heavy (non-hydrogen) atoms. The van der Waals surface area contributed by atoms with E-state index in [-0.39, 0.29) is 5.97 Å². The molecule has 5 heteroatoms. The number of esters is 1. The highest BCUT2D eigenvalue weighted by Gasteiger charge is 2.66. The van der Waals surface area contributed by atoms with Crippen molar-refractivity contribution in [2.45, 2.75) is 36.8 Å². The quantitative estimate of drug-likeness (QED) is 0.505. The Kier molecular flexibility index (Phi) is 4.31. The fourth-order valence-corrected chi connectivity index (χ4v) is 4.47. The Morgan fingerprint density at radius 2 is 1.63 bits per heavy atom. The molecule has 138 valence electrons. The lowest BCUT2D eigenvalue weighted by molar-refractivity contribution is -0.145. The summed E-state index contributed by atoms with van der Waals surface area (Å²) in [6.07, 6.45) is 3.18. The van der Waals surface area contributed by atoms with Crippen molar-refractivity contribution in [3.8, 4) is 0 Å². The first-order chi connectivity index (χ1) is 13.0. The molecular formula is C22H21ClN2O2. The van der Waals surface area contributed by atoms with E-state index in [4.69, 9.17) is 16.3 Å². The van der Waals surface area contributed by atoms with Crippen molar-refractivity contribution in [3.63, 3.8) is 0 Å². The molecule has 2 heterocycles. The number of carbonyl (C=O) groups excluding carboxylic acids is 1. The van der Waals surface area contributed by atoms with Crippen LogP contribution in [0.1, 0.15) is 23.6 Å². The Balaban J connectivity index is 1.86. The van der Waals surface area contributed by atoms with Gasteiger partial charge in [0.05, 0.1) is 12.7 Å². The summed E-state index contributed by atoms with van der Waals surface area (Å²) < 4.78 is 7.66. The molecule has 2 atom stereocenters. The lowest BCUT2D eigenvalue weighted by Crippen LogP contribution is -2.51. The first kappa shape index (κ1) is 17.8. The minimum absolute atomic E-state index is 0.328. The summed E-state index contributed by atoms with van der Waals surface area (Å²) in [5.41, 5.74) is 1.62. The highest BCUT2D eigenvalue weighted by atomic mass is 35.5. The van der Waals surface area contributed by atoms with Gasteiger partial charge in [-0.15, -0.1) is 11.6 Å². The second-order valence-electron chi connectivity index (χ2n) is 7.19. The maximum absolute atomic E-state index is 13.4. The van der Waals surface area contributed by atoms with Crippen LogP contribution in [0.2, 0.25) is 0 Å². The third kappa shape index (κ3) is 2.67. The minimum Gasteiger partial charge on any atom is -0.457 e. The van der Waals surface area contributed by atoms with Crippen LogP contribution in [-0.2, 0) is 21.5 Å². The van der Waals surface area contributed by atoms with Crippen LogP contribution in [0.15, 0.2) is 73.1 Å². The van der Waals surface area contributed by atoms with Gasteiger partial charge >= 0.3 is 5.97 Å². The summed E-state index contributed by atoms with van der Waals surface area (Å²) in [7, 11) is 0. The molecule has 0 N–H and O–H groups in total. The van der Waals surface area contributed by atoms with Crippen molar-refractivity contribution in [1.82, 2.24) is 9.78 Å². The van der Waals surface area contributed by atoms with E-state index < -0.39 is 16.4 Å². The molecule has 0 saturated carbocycles. The lowest BCUT2D eigenvalue weighted by Gasteiger charge is -2.38. The van der Waals surface area contributed by atoms with E-state index in [0.717, 1.165) is 16.7 Å². The Morgan fingerprint density at radius 1 is 1.07 bits per heavy atom. The molecule has 0 aliphatic carbocycles. The van der Waals surface area contributed by atoms with Crippen molar-refractivity contribution in [2.75, 3.05) is 0 Å². The molecule has 1 aromatic heterocycles. The first-order valence-electron chi connectivity index (χ1n) is 8.96. The Bertz CT molecular complexity index is 911. The molecular weight excluding hydrogens is 360 g/mol. The summed E-state index contributed by atoms with van der Waals surface area (Å²) in [4.78, 5) is 12.4. The fraction of sp³-hybridized carbons (Fsp3) is 0.273.